The fourth-order valence-corrected chi connectivity index (χ4v) is 5.48. The monoisotopic (exact) mass is 491 g/mol. The van der Waals surface area contributed by atoms with E-state index < -0.39 is 15.9 Å². The van der Waals surface area contributed by atoms with E-state index in [0.717, 1.165) is 22.0 Å². The summed E-state index contributed by atoms with van der Waals surface area (Å²) in [4.78, 5) is 26.8. The van der Waals surface area contributed by atoms with E-state index >= 15 is 0 Å². The minimum absolute atomic E-state index is 0.0898. The van der Waals surface area contributed by atoms with Crippen LogP contribution in [0.4, 0.5) is 17.1 Å². The van der Waals surface area contributed by atoms with Crippen LogP contribution in [0, 0.1) is 0 Å². The van der Waals surface area contributed by atoms with Crippen LogP contribution in [0.5, 0.6) is 0 Å². The molecule has 3 aromatic rings. The van der Waals surface area contributed by atoms with E-state index in [1.807, 2.05) is 12.1 Å². The Morgan fingerprint density at radius 1 is 0.971 bits per heavy atom. The standard InChI is InChI=1S/C27H29N3O4S/c1-20(2)21-10-14-24(15-11-21)30(35(33,34)25-7-4-3-5-8-25)19-26(31)28-22-12-16-23(17-13-22)29-18-6-9-27(29)32/h3-5,7-8,10-17,20H,6,9,18-19H2,1-2H3,(H,28,31). The normalized spacial score (nSPS) is 13.8. The third-order valence-corrected chi connectivity index (χ3v) is 7.79. The van der Waals surface area contributed by atoms with Crippen molar-refractivity contribution in [2.24, 2.45) is 0 Å². The van der Waals surface area contributed by atoms with Gasteiger partial charge in [0.2, 0.25) is 11.8 Å². The number of hydrogen-bond donors (Lipinski definition) is 1. The first-order valence-corrected chi connectivity index (χ1v) is 13.1. The number of nitrogens with zero attached hydrogens (tertiary/aromatic N) is 2. The van der Waals surface area contributed by atoms with Crippen molar-refractivity contribution in [1.82, 2.24) is 0 Å². The van der Waals surface area contributed by atoms with Gasteiger partial charge in [0, 0.05) is 24.3 Å². The second kappa shape index (κ2) is 10.3. The minimum Gasteiger partial charge on any atom is -0.325 e. The molecule has 1 saturated heterocycles. The maximum absolute atomic E-state index is 13.5. The van der Waals surface area contributed by atoms with Crippen molar-refractivity contribution in [2.45, 2.75) is 37.5 Å². The number of nitrogens with one attached hydrogen (secondary N) is 1. The van der Waals surface area contributed by atoms with Crippen molar-refractivity contribution in [2.75, 3.05) is 27.6 Å². The lowest BCUT2D eigenvalue weighted by atomic mass is 10.0. The average Bonchev–Trinajstić information content (AvgIpc) is 3.29. The third kappa shape index (κ3) is 5.54. The molecule has 7 nitrogen and oxygen atoms in total. The summed E-state index contributed by atoms with van der Waals surface area (Å²) >= 11 is 0. The Morgan fingerprint density at radius 2 is 1.63 bits per heavy atom. The average molecular weight is 492 g/mol. The number of carbonyl (C=O) groups is 2. The fourth-order valence-electron chi connectivity index (χ4n) is 4.04. The van der Waals surface area contributed by atoms with Crippen molar-refractivity contribution >= 4 is 38.9 Å². The summed E-state index contributed by atoms with van der Waals surface area (Å²) in [6.07, 6.45) is 1.38. The number of sulfonamides is 1. The van der Waals surface area contributed by atoms with Gasteiger partial charge < -0.3 is 10.2 Å². The summed E-state index contributed by atoms with van der Waals surface area (Å²) in [5, 5.41) is 2.78. The summed E-state index contributed by atoms with van der Waals surface area (Å²) in [6, 6.07) is 22.3. The van der Waals surface area contributed by atoms with Gasteiger partial charge in [-0.25, -0.2) is 8.42 Å². The lowest BCUT2D eigenvalue weighted by Gasteiger charge is -2.24. The summed E-state index contributed by atoms with van der Waals surface area (Å²) < 4.78 is 28.1. The first-order valence-electron chi connectivity index (χ1n) is 11.6. The highest BCUT2D eigenvalue weighted by Crippen LogP contribution is 2.27. The van der Waals surface area contributed by atoms with Gasteiger partial charge in [-0.15, -0.1) is 0 Å². The van der Waals surface area contributed by atoms with E-state index in [2.05, 4.69) is 19.2 Å². The van der Waals surface area contributed by atoms with Crippen LogP contribution >= 0.6 is 0 Å². The zero-order valence-corrected chi connectivity index (χ0v) is 20.7. The predicted octanol–water partition coefficient (Wildman–Crippen LogP) is 4.77. The van der Waals surface area contributed by atoms with Crippen molar-refractivity contribution < 1.29 is 18.0 Å². The minimum atomic E-state index is -3.97. The molecule has 35 heavy (non-hydrogen) atoms. The van der Waals surface area contributed by atoms with Crippen molar-refractivity contribution in [1.29, 1.82) is 0 Å². The Bertz CT molecular complexity index is 1290. The van der Waals surface area contributed by atoms with Crippen LogP contribution < -0.4 is 14.5 Å². The summed E-state index contributed by atoms with van der Waals surface area (Å²) in [7, 11) is -3.97. The molecule has 0 radical (unpaired) electrons. The quantitative estimate of drug-likeness (QED) is 0.492. The van der Waals surface area contributed by atoms with Crippen LogP contribution in [-0.2, 0) is 19.6 Å². The highest BCUT2D eigenvalue weighted by molar-refractivity contribution is 7.92. The molecule has 182 valence electrons. The largest absolute Gasteiger partial charge is 0.325 e. The van der Waals surface area contributed by atoms with Crippen LogP contribution in [0.3, 0.4) is 0 Å². The molecule has 1 fully saturated rings. The number of carbonyl (C=O) groups excluding carboxylic acids is 2. The zero-order valence-electron chi connectivity index (χ0n) is 19.8. The van der Waals surface area contributed by atoms with Crippen LogP contribution in [0.15, 0.2) is 83.8 Å². The zero-order chi connectivity index (χ0) is 25.0. The molecule has 3 aromatic carbocycles. The van der Waals surface area contributed by atoms with Crippen LogP contribution in [0.2, 0.25) is 0 Å². The molecule has 8 heteroatoms. The fraction of sp³-hybridized carbons (Fsp3) is 0.259. The number of hydrogen-bond acceptors (Lipinski definition) is 4. The number of anilines is 3. The van der Waals surface area contributed by atoms with Crippen LogP contribution in [0.1, 0.15) is 38.2 Å². The van der Waals surface area contributed by atoms with Gasteiger partial charge in [0.25, 0.3) is 10.0 Å². The topological polar surface area (TPSA) is 86.8 Å². The van der Waals surface area contributed by atoms with E-state index in [1.54, 1.807) is 59.5 Å². The van der Waals surface area contributed by atoms with E-state index in [-0.39, 0.29) is 17.3 Å². The molecular formula is C27H29N3O4S. The van der Waals surface area contributed by atoms with Crippen LogP contribution in [-0.4, -0.2) is 33.3 Å². The molecule has 0 aliphatic carbocycles. The summed E-state index contributed by atoms with van der Waals surface area (Å²) in [5.41, 5.74) is 2.80. The molecule has 0 bridgehead atoms. The Hall–Kier alpha value is -3.65. The molecule has 1 heterocycles. The Morgan fingerprint density at radius 3 is 2.20 bits per heavy atom. The lowest BCUT2D eigenvalue weighted by Crippen LogP contribution is -2.38. The molecule has 0 aromatic heterocycles. The van der Waals surface area contributed by atoms with Gasteiger partial charge in [-0.1, -0.05) is 44.2 Å². The van der Waals surface area contributed by atoms with E-state index in [4.69, 9.17) is 0 Å². The van der Waals surface area contributed by atoms with Gasteiger partial charge in [0.15, 0.2) is 0 Å². The molecule has 4 rings (SSSR count). The molecule has 2 amide bonds. The number of benzene rings is 3. The third-order valence-electron chi connectivity index (χ3n) is 6.00. The van der Waals surface area contributed by atoms with Gasteiger partial charge in [0.05, 0.1) is 10.6 Å². The molecule has 0 saturated carbocycles. The van der Waals surface area contributed by atoms with E-state index in [1.165, 1.54) is 12.1 Å². The Balaban J connectivity index is 1.55. The predicted molar refractivity (Wildman–Crippen MR) is 138 cm³/mol. The van der Waals surface area contributed by atoms with Crippen LogP contribution in [0.25, 0.3) is 0 Å². The second-order valence-corrected chi connectivity index (χ2v) is 10.7. The highest BCUT2D eigenvalue weighted by Gasteiger charge is 2.27. The molecule has 0 atom stereocenters. The highest BCUT2D eigenvalue weighted by atomic mass is 32.2. The first kappa shape index (κ1) is 24.5. The smallest absolute Gasteiger partial charge is 0.264 e. The van der Waals surface area contributed by atoms with Gasteiger partial charge in [-0.2, -0.15) is 0 Å². The van der Waals surface area contributed by atoms with Gasteiger partial charge in [0.1, 0.15) is 6.54 Å². The van der Waals surface area contributed by atoms with Gasteiger partial charge in [-0.05, 0) is 66.4 Å². The SMILES string of the molecule is CC(C)c1ccc(N(CC(=O)Nc2ccc(N3CCCC3=O)cc2)S(=O)(=O)c2ccccc2)cc1. The maximum Gasteiger partial charge on any atom is 0.264 e. The van der Waals surface area contributed by atoms with Crippen molar-refractivity contribution in [3.05, 3.63) is 84.4 Å². The number of rotatable bonds is 8. The molecule has 1 N–H and O–H groups in total. The molecule has 1 aliphatic rings. The molecule has 0 spiro atoms. The summed E-state index contributed by atoms with van der Waals surface area (Å²) in [5.74, 6) is -0.0835. The second-order valence-electron chi connectivity index (χ2n) is 8.81. The van der Waals surface area contributed by atoms with Crippen molar-refractivity contribution in [3.8, 4) is 0 Å². The van der Waals surface area contributed by atoms with Crippen molar-refractivity contribution in [3.63, 3.8) is 0 Å². The molecular weight excluding hydrogens is 462 g/mol. The van der Waals surface area contributed by atoms with E-state index in [9.17, 15) is 18.0 Å². The molecule has 1 aliphatic heterocycles. The Kier molecular flexibility index (Phi) is 7.21. The first-order chi connectivity index (χ1) is 16.8. The summed E-state index contributed by atoms with van der Waals surface area (Å²) in [6.45, 7) is 4.43. The lowest BCUT2D eigenvalue weighted by molar-refractivity contribution is -0.117. The van der Waals surface area contributed by atoms with Gasteiger partial charge in [-0.3, -0.25) is 13.9 Å². The van der Waals surface area contributed by atoms with E-state index in [0.29, 0.717) is 30.3 Å². The molecule has 0 unspecified atom stereocenters. The number of amides is 2. The Labute approximate surface area is 206 Å². The maximum atomic E-state index is 13.5. The van der Waals surface area contributed by atoms with Gasteiger partial charge >= 0.3 is 0 Å².